The fourth-order valence-corrected chi connectivity index (χ4v) is 0.501. The molecule has 0 aliphatic rings. The maximum atomic E-state index is 12.4. The van der Waals surface area contributed by atoms with E-state index in [1.54, 1.807) is 0 Å². The van der Waals surface area contributed by atoms with Crippen LogP contribution in [0, 0.1) is 0 Å². The Bertz CT molecular complexity index is 179. The largest absolute Gasteiger partial charge is 0.394 e. The van der Waals surface area contributed by atoms with Gasteiger partial charge in [0.1, 0.15) is 0 Å². The van der Waals surface area contributed by atoms with Gasteiger partial charge in [-0.05, 0) is 6.92 Å². The summed E-state index contributed by atoms with van der Waals surface area (Å²) in [4.78, 5) is 11.8. The molecule has 64 valence electrons. The molecule has 0 aromatic rings. The van der Waals surface area contributed by atoms with Crippen LogP contribution in [-0.2, 0) is 4.79 Å². The van der Waals surface area contributed by atoms with Crippen molar-refractivity contribution < 1.29 is 22.4 Å². The number of nitrogens with zero attached hydrogens (tertiary/aromatic N) is 1. The molecule has 0 radical (unpaired) electrons. The number of halogens is 4. The molecule has 0 heterocycles. The summed E-state index contributed by atoms with van der Waals surface area (Å²) in [6, 6.07) is 0. The van der Waals surface area contributed by atoms with Crippen LogP contribution in [0.4, 0.5) is 17.6 Å². The molecular formula is C5H5F4NO. The van der Waals surface area contributed by atoms with Gasteiger partial charge < -0.3 is 0 Å². The van der Waals surface area contributed by atoms with Crippen molar-refractivity contribution in [2.45, 2.75) is 25.3 Å². The standard InChI is InChI=1S/C5H5F4NO/c1-4(6,10-3-11)2-5(7,8)9/h2H2,1H3. The first-order valence-electron chi connectivity index (χ1n) is 2.61. The second kappa shape index (κ2) is 3.00. The number of aliphatic imine (C=N–C) groups is 1. The lowest BCUT2D eigenvalue weighted by Gasteiger charge is -2.14. The van der Waals surface area contributed by atoms with Crippen molar-refractivity contribution >= 4 is 6.08 Å². The first-order chi connectivity index (χ1) is 4.77. The summed E-state index contributed by atoms with van der Waals surface area (Å²) in [7, 11) is 0. The van der Waals surface area contributed by atoms with Gasteiger partial charge in [0.05, 0.1) is 6.42 Å². The maximum absolute atomic E-state index is 12.4. The lowest BCUT2D eigenvalue weighted by molar-refractivity contribution is -0.158. The van der Waals surface area contributed by atoms with Gasteiger partial charge >= 0.3 is 6.18 Å². The highest BCUT2D eigenvalue weighted by Crippen LogP contribution is 2.30. The second-order valence-electron chi connectivity index (χ2n) is 2.14. The zero-order valence-electron chi connectivity index (χ0n) is 5.57. The molecule has 0 bridgehead atoms. The minimum atomic E-state index is -4.66. The number of alkyl halides is 4. The number of carbonyl (C=O) groups excluding carboxylic acids is 1. The minimum Gasteiger partial charge on any atom is -0.217 e. The van der Waals surface area contributed by atoms with E-state index in [9.17, 15) is 22.4 Å². The van der Waals surface area contributed by atoms with Crippen molar-refractivity contribution in [1.29, 1.82) is 0 Å². The van der Waals surface area contributed by atoms with Crippen LogP contribution in [-0.4, -0.2) is 18.0 Å². The van der Waals surface area contributed by atoms with Crippen molar-refractivity contribution in [1.82, 2.24) is 0 Å². The lowest BCUT2D eigenvalue weighted by atomic mass is 10.2. The Labute approximate surface area is 59.9 Å². The van der Waals surface area contributed by atoms with Crippen LogP contribution in [0.3, 0.4) is 0 Å². The Hall–Kier alpha value is -0.900. The number of hydrogen-bond donors (Lipinski definition) is 0. The Morgan fingerprint density at radius 2 is 1.82 bits per heavy atom. The molecule has 1 unspecified atom stereocenters. The average Bonchev–Trinajstić information content (AvgIpc) is 1.55. The zero-order valence-corrected chi connectivity index (χ0v) is 5.57. The second-order valence-corrected chi connectivity index (χ2v) is 2.14. The third-order valence-electron chi connectivity index (χ3n) is 0.802. The normalized spacial score (nSPS) is 16.8. The first kappa shape index (κ1) is 10.1. The predicted molar refractivity (Wildman–Crippen MR) is 28.3 cm³/mol. The molecule has 0 rings (SSSR count). The Balaban J connectivity index is 4.24. The molecule has 0 amide bonds. The summed E-state index contributed by atoms with van der Waals surface area (Å²) in [6.45, 7) is 0.561. The van der Waals surface area contributed by atoms with Crippen molar-refractivity contribution in [3.05, 3.63) is 0 Å². The molecule has 0 aliphatic heterocycles. The van der Waals surface area contributed by atoms with Gasteiger partial charge in [-0.2, -0.15) is 18.2 Å². The Morgan fingerprint density at radius 1 is 1.36 bits per heavy atom. The van der Waals surface area contributed by atoms with Gasteiger partial charge in [-0.25, -0.2) is 9.18 Å². The summed E-state index contributed by atoms with van der Waals surface area (Å²) in [5.74, 6) is -2.89. The summed E-state index contributed by atoms with van der Waals surface area (Å²) < 4.78 is 46.8. The van der Waals surface area contributed by atoms with Gasteiger partial charge in [0.25, 0.3) is 0 Å². The Kier molecular flexibility index (Phi) is 2.76. The van der Waals surface area contributed by atoms with E-state index >= 15 is 0 Å². The number of isocyanates is 1. The van der Waals surface area contributed by atoms with Gasteiger partial charge in [-0.1, -0.05) is 0 Å². The van der Waals surface area contributed by atoms with E-state index in [1.807, 2.05) is 0 Å². The van der Waals surface area contributed by atoms with Crippen molar-refractivity contribution in [3.63, 3.8) is 0 Å². The first-order valence-corrected chi connectivity index (χ1v) is 2.61. The van der Waals surface area contributed by atoms with E-state index in [-0.39, 0.29) is 0 Å². The highest BCUT2D eigenvalue weighted by Gasteiger charge is 2.39. The molecule has 2 nitrogen and oxygen atoms in total. The molecule has 0 saturated carbocycles. The van der Waals surface area contributed by atoms with Gasteiger partial charge in [0.2, 0.25) is 11.9 Å². The average molecular weight is 171 g/mol. The smallest absolute Gasteiger partial charge is 0.217 e. The summed E-state index contributed by atoms with van der Waals surface area (Å²) in [6.07, 6.45) is -5.70. The van der Waals surface area contributed by atoms with Crippen LogP contribution in [0.5, 0.6) is 0 Å². The van der Waals surface area contributed by atoms with Crippen LogP contribution >= 0.6 is 0 Å². The van der Waals surface area contributed by atoms with Crippen molar-refractivity contribution in [2.75, 3.05) is 0 Å². The predicted octanol–water partition coefficient (Wildman–Crippen LogP) is 1.96. The van der Waals surface area contributed by atoms with Crippen LogP contribution < -0.4 is 0 Å². The number of hydrogen-bond acceptors (Lipinski definition) is 2. The summed E-state index contributed by atoms with van der Waals surface area (Å²) in [5.41, 5.74) is 0. The summed E-state index contributed by atoms with van der Waals surface area (Å²) in [5, 5.41) is 0. The third kappa shape index (κ3) is 5.54. The van der Waals surface area contributed by atoms with E-state index in [2.05, 4.69) is 4.99 Å². The van der Waals surface area contributed by atoms with E-state index in [1.165, 1.54) is 0 Å². The van der Waals surface area contributed by atoms with Crippen LogP contribution in [0.25, 0.3) is 0 Å². The Morgan fingerprint density at radius 3 is 2.09 bits per heavy atom. The maximum Gasteiger partial charge on any atom is 0.394 e. The fraction of sp³-hybridized carbons (Fsp3) is 0.800. The monoisotopic (exact) mass is 171 g/mol. The molecule has 0 N–H and O–H groups in total. The summed E-state index contributed by atoms with van der Waals surface area (Å²) >= 11 is 0. The topological polar surface area (TPSA) is 29.4 Å². The van der Waals surface area contributed by atoms with E-state index in [4.69, 9.17) is 0 Å². The molecule has 0 aromatic heterocycles. The molecule has 0 spiro atoms. The van der Waals surface area contributed by atoms with Crippen LogP contribution in [0.2, 0.25) is 0 Å². The fourth-order valence-electron chi connectivity index (χ4n) is 0.501. The lowest BCUT2D eigenvalue weighted by Crippen LogP contribution is -2.24. The van der Waals surface area contributed by atoms with Gasteiger partial charge in [-0.3, -0.25) is 0 Å². The molecular weight excluding hydrogens is 166 g/mol. The molecule has 0 aromatic carbocycles. The molecule has 6 heteroatoms. The van der Waals surface area contributed by atoms with Crippen molar-refractivity contribution in [3.8, 4) is 0 Å². The highest BCUT2D eigenvalue weighted by atomic mass is 19.4. The van der Waals surface area contributed by atoms with Crippen LogP contribution in [0.15, 0.2) is 4.99 Å². The van der Waals surface area contributed by atoms with Crippen molar-refractivity contribution in [2.24, 2.45) is 4.99 Å². The van der Waals surface area contributed by atoms with Gasteiger partial charge in [-0.15, -0.1) is 0 Å². The molecule has 11 heavy (non-hydrogen) atoms. The van der Waals surface area contributed by atoms with Gasteiger partial charge in [0.15, 0.2) is 0 Å². The van der Waals surface area contributed by atoms with E-state index in [0.29, 0.717) is 6.92 Å². The van der Waals surface area contributed by atoms with Crippen LogP contribution in [0.1, 0.15) is 13.3 Å². The van der Waals surface area contributed by atoms with Gasteiger partial charge in [0, 0.05) is 0 Å². The third-order valence-corrected chi connectivity index (χ3v) is 0.802. The zero-order chi connectivity index (χ0) is 9.12. The molecule has 0 aliphatic carbocycles. The van der Waals surface area contributed by atoms with E-state index < -0.39 is 18.4 Å². The quantitative estimate of drug-likeness (QED) is 0.270. The minimum absolute atomic E-state index is 0.561. The van der Waals surface area contributed by atoms with E-state index in [0.717, 1.165) is 6.08 Å². The molecule has 0 saturated heterocycles. The SMILES string of the molecule is CC(F)(CC(F)(F)F)N=C=O. The highest BCUT2D eigenvalue weighted by molar-refractivity contribution is 5.34. The molecule has 1 atom stereocenters. The molecule has 0 fully saturated rings. The number of rotatable bonds is 2.